The molecule has 0 aromatic heterocycles. The molecule has 29 heavy (non-hydrogen) atoms. The van der Waals surface area contributed by atoms with E-state index in [4.69, 9.17) is 11.6 Å². The van der Waals surface area contributed by atoms with Crippen molar-refractivity contribution >= 4 is 41.0 Å². The Labute approximate surface area is 180 Å². The first-order valence-electron chi connectivity index (χ1n) is 9.82. The highest BCUT2D eigenvalue weighted by atomic mass is 35.5. The van der Waals surface area contributed by atoms with Gasteiger partial charge in [-0.2, -0.15) is 0 Å². The molecule has 2 aromatic rings. The molecule has 2 heterocycles. The van der Waals surface area contributed by atoms with Crippen LogP contribution in [0.5, 0.6) is 0 Å². The van der Waals surface area contributed by atoms with Crippen LogP contribution in [0.25, 0.3) is 0 Å². The predicted molar refractivity (Wildman–Crippen MR) is 119 cm³/mol. The van der Waals surface area contributed by atoms with E-state index in [0.717, 1.165) is 36.4 Å². The first-order chi connectivity index (χ1) is 14.0. The summed E-state index contributed by atoms with van der Waals surface area (Å²) in [5, 5.41) is 3.64. The fourth-order valence-electron chi connectivity index (χ4n) is 4.02. The first kappa shape index (κ1) is 20.1. The lowest BCUT2D eigenvalue weighted by Gasteiger charge is -2.44. The lowest BCUT2D eigenvalue weighted by molar-refractivity contribution is 0.0585. The van der Waals surface area contributed by atoms with E-state index in [1.54, 1.807) is 24.3 Å². The number of amides is 3. The molecule has 2 saturated heterocycles. The van der Waals surface area contributed by atoms with Crippen LogP contribution in [0.2, 0.25) is 5.02 Å². The number of hydrogen-bond acceptors (Lipinski definition) is 3. The van der Waals surface area contributed by atoms with E-state index in [1.165, 1.54) is 0 Å². The van der Waals surface area contributed by atoms with Crippen LogP contribution in [0.15, 0.2) is 48.5 Å². The van der Waals surface area contributed by atoms with E-state index < -0.39 is 0 Å². The Morgan fingerprint density at radius 1 is 1.03 bits per heavy atom. The van der Waals surface area contributed by atoms with Crippen molar-refractivity contribution in [2.24, 2.45) is 0 Å². The summed E-state index contributed by atoms with van der Waals surface area (Å²) in [6, 6.07) is 14.8. The van der Waals surface area contributed by atoms with Gasteiger partial charge in [-0.05, 0) is 55.7 Å². The minimum atomic E-state index is -0.226. The Balaban J connectivity index is 1.42. The SMILES string of the molecule is Cc1ccccc1NC(=O)N1CCC2(CC1)SCCN2C(=O)c1ccc(Cl)cc1. The van der Waals surface area contributed by atoms with Gasteiger partial charge in [0, 0.05) is 41.7 Å². The molecule has 0 radical (unpaired) electrons. The second-order valence-corrected chi connectivity index (χ2v) is 9.38. The van der Waals surface area contributed by atoms with Crippen LogP contribution in [0.3, 0.4) is 0 Å². The molecule has 0 saturated carbocycles. The molecule has 4 rings (SSSR count). The molecule has 152 valence electrons. The van der Waals surface area contributed by atoms with Crippen LogP contribution >= 0.6 is 23.4 Å². The normalized spacial score (nSPS) is 18.1. The Bertz CT molecular complexity index is 911. The number of carbonyl (C=O) groups is 2. The van der Waals surface area contributed by atoms with Crippen LogP contribution < -0.4 is 5.32 Å². The van der Waals surface area contributed by atoms with Crippen LogP contribution in [0.4, 0.5) is 10.5 Å². The Morgan fingerprint density at radius 2 is 1.72 bits per heavy atom. The zero-order valence-electron chi connectivity index (χ0n) is 16.4. The molecular formula is C22H24ClN3O2S. The molecule has 3 amide bonds. The maximum absolute atomic E-state index is 13.1. The van der Waals surface area contributed by atoms with Crippen molar-refractivity contribution in [2.75, 3.05) is 30.7 Å². The van der Waals surface area contributed by atoms with Crippen LogP contribution in [-0.4, -0.2) is 52.0 Å². The van der Waals surface area contributed by atoms with Crippen molar-refractivity contribution in [3.8, 4) is 0 Å². The standard InChI is InChI=1S/C22H24ClN3O2S/c1-16-4-2-3-5-19(16)24-21(28)25-12-10-22(11-13-25)26(14-15-29-22)20(27)17-6-8-18(23)9-7-17/h2-9H,10-15H2,1H3,(H,24,28). The number of hydrogen-bond donors (Lipinski definition) is 1. The quantitative estimate of drug-likeness (QED) is 0.741. The topological polar surface area (TPSA) is 52.7 Å². The van der Waals surface area contributed by atoms with Gasteiger partial charge in [-0.15, -0.1) is 11.8 Å². The summed E-state index contributed by atoms with van der Waals surface area (Å²) >= 11 is 7.80. The lowest BCUT2D eigenvalue weighted by atomic mass is 10.0. The van der Waals surface area contributed by atoms with Crippen molar-refractivity contribution in [1.29, 1.82) is 0 Å². The fourth-order valence-corrected chi connectivity index (χ4v) is 5.61. The Kier molecular flexibility index (Phi) is 5.74. The number of rotatable bonds is 2. The highest BCUT2D eigenvalue weighted by molar-refractivity contribution is 8.00. The number of urea groups is 1. The second kappa shape index (κ2) is 8.28. The van der Waals surface area contributed by atoms with Crippen molar-refractivity contribution in [1.82, 2.24) is 9.80 Å². The summed E-state index contributed by atoms with van der Waals surface area (Å²) in [6.07, 6.45) is 1.55. The number of aryl methyl sites for hydroxylation is 1. The van der Waals surface area contributed by atoms with Crippen molar-refractivity contribution < 1.29 is 9.59 Å². The number of likely N-dealkylation sites (tertiary alicyclic amines) is 1. The molecule has 2 fully saturated rings. The molecule has 5 nitrogen and oxygen atoms in total. The minimum Gasteiger partial charge on any atom is -0.324 e. The third-order valence-electron chi connectivity index (χ3n) is 5.73. The van der Waals surface area contributed by atoms with Gasteiger partial charge in [0.15, 0.2) is 0 Å². The van der Waals surface area contributed by atoms with Crippen LogP contribution in [0.1, 0.15) is 28.8 Å². The van der Waals surface area contributed by atoms with Gasteiger partial charge in [0.1, 0.15) is 0 Å². The summed E-state index contributed by atoms with van der Waals surface area (Å²) in [6.45, 7) is 3.99. The Morgan fingerprint density at radius 3 is 2.41 bits per heavy atom. The number of thioether (sulfide) groups is 1. The largest absolute Gasteiger partial charge is 0.324 e. The molecule has 2 aromatic carbocycles. The maximum Gasteiger partial charge on any atom is 0.321 e. The smallest absolute Gasteiger partial charge is 0.321 e. The molecule has 0 bridgehead atoms. The fraction of sp³-hybridized carbons (Fsp3) is 0.364. The first-order valence-corrected chi connectivity index (χ1v) is 11.2. The molecule has 0 atom stereocenters. The monoisotopic (exact) mass is 429 g/mol. The average Bonchev–Trinajstić information content (AvgIpc) is 3.13. The van der Waals surface area contributed by atoms with E-state index in [9.17, 15) is 9.59 Å². The number of anilines is 1. The summed E-state index contributed by atoms with van der Waals surface area (Å²) in [5.74, 6) is 0.971. The molecule has 1 N–H and O–H groups in total. The lowest BCUT2D eigenvalue weighted by Crippen LogP contribution is -2.54. The minimum absolute atomic E-state index is 0.0458. The average molecular weight is 430 g/mol. The van der Waals surface area contributed by atoms with E-state index in [-0.39, 0.29) is 16.8 Å². The van der Waals surface area contributed by atoms with Gasteiger partial charge < -0.3 is 15.1 Å². The van der Waals surface area contributed by atoms with Gasteiger partial charge in [-0.3, -0.25) is 4.79 Å². The number of benzene rings is 2. The second-order valence-electron chi connectivity index (χ2n) is 7.49. The number of para-hydroxylation sites is 1. The highest BCUT2D eigenvalue weighted by Gasteiger charge is 2.47. The molecule has 0 unspecified atom stereocenters. The molecule has 7 heteroatoms. The zero-order chi connectivity index (χ0) is 20.4. The Hall–Kier alpha value is -2.18. The molecule has 2 aliphatic rings. The molecular weight excluding hydrogens is 406 g/mol. The van der Waals surface area contributed by atoms with Crippen molar-refractivity contribution in [3.63, 3.8) is 0 Å². The summed E-state index contributed by atoms with van der Waals surface area (Å²) < 4.78 is 0. The number of nitrogens with one attached hydrogen (secondary N) is 1. The van der Waals surface area contributed by atoms with Gasteiger partial charge >= 0.3 is 6.03 Å². The summed E-state index contributed by atoms with van der Waals surface area (Å²) in [7, 11) is 0. The third kappa shape index (κ3) is 4.09. The molecule has 0 aliphatic carbocycles. The van der Waals surface area contributed by atoms with Crippen molar-refractivity contribution in [2.45, 2.75) is 24.6 Å². The van der Waals surface area contributed by atoms with Gasteiger partial charge in [0.25, 0.3) is 5.91 Å². The van der Waals surface area contributed by atoms with E-state index in [0.29, 0.717) is 23.7 Å². The van der Waals surface area contributed by atoms with Gasteiger partial charge in [0.2, 0.25) is 0 Å². The molecule has 1 spiro atoms. The zero-order valence-corrected chi connectivity index (χ0v) is 17.9. The summed E-state index contributed by atoms with van der Waals surface area (Å²) in [5.41, 5.74) is 2.55. The third-order valence-corrected chi connectivity index (χ3v) is 7.54. The molecule has 2 aliphatic heterocycles. The highest BCUT2D eigenvalue weighted by Crippen LogP contribution is 2.44. The van der Waals surface area contributed by atoms with Crippen molar-refractivity contribution in [3.05, 3.63) is 64.7 Å². The number of halogens is 1. The van der Waals surface area contributed by atoms with Gasteiger partial charge in [0.05, 0.1) is 4.87 Å². The maximum atomic E-state index is 13.1. The van der Waals surface area contributed by atoms with E-state index in [2.05, 4.69) is 5.32 Å². The number of carbonyl (C=O) groups excluding carboxylic acids is 2. The number of nitrogens with zero attached hydrogens (tertiary/aromatic N) is 2. The number of piperidine rings is 1. The van der Waals surface area contributed by atoms with Crippen LogP contribution in [0, 0.1) is 6.92 Å². The van der Waals surface area contributed by atoms with Gasteiger partial charge in [-0.1, -0.05) is 29.8 Å². The summed E-state index contributed by atoms with van der Waals surface area (Å²) in [4.78, 5) is 29.4. The van der Waals surface area contributed by atoms with E-state index in [1.807, 2.05) is 52.8 Å². The van der Waals surface area contributed by atoms with Gasteiger partial charge in [-0.25, -0.2) is 4.79 Å². The van der Waals surface area contributed by atoms with E-state index >= 15 is 0 Å². The van der Waals surface area contributed by atoms with Crippen LogP contribution in [-0.2, 0) is 0 Å². The predicted octanol–water partition coefficient (Wildman–Crippen LogP) is 4.86.